The van der Waals surface area contributed by atoms with Crippen LogP contribution in [0.25, 0.3) is 5.65 Å². The fourth-order valence-corrected chi connectivity index (χ4v) is 2.73. The van der Waals surface area contributed by atoms with Gasteiger partial charge >= 0.3 is 0 Å². The van der Waals surface area contributed by atoms with Crippen molar-refractivity contribution >= 4 is 34.7 Å². The second-order valence-electron chi connectivity index (χ2n) is 4.19. The second-order valence-corrected chi connectivity index (χ2v) is 5.69. The van der Waals surface area contributed by atoms with Crippen molar-refractivity contribution < 1.29 is 0 Å². The standard InChI is InChI=1S/C14H13ClN4S/c15-11-4-6-12(7-5-11)16-8-10-20-14-18-17-13-3-1-2-9-19(13)14/h1-7,9,16H,8,10H2. The smallest absolute Gasteiger partial charge is 0.195 e. The Kier molecular flexibility index (Phi) is 4.08. The van der Waals surface area contributed by atoms with E-state index in [1.165, 1.54) is 0 Å². The zero-order valence-electron chi connectivity index (χ0n) is 10.7. The fraction of sp³-hybridized carbons (Fsp3) is 0.143. The van der Waals surface area contributed by atoms with Crippen molar-refractivity contribution in [2.75, 3.05) is 17.6 Å². The highest BCUT2D eigenvalue weighted by Gasteiger charge is 2.04. The van der Waals surface area contributed by atoms with Crippen molar-refractivity contribution in [3.8, 4) is 0 Å². The minimum atomic E-state index is 0.750. The quantitative estimate of drug-likeness (QED) is 0.578. The number of aromatic nitrogens is 3. The molecule has 0 aliphatic carbocycles. The minimum Gasteiger partial charge on any atom is -0.384 e. The van der Waals surface area contributed by atoms with Crippen LogP contribution in [0.2, 0.25) is 5.02 Å². The number of nitrogens with zero attached hydrogens (tertiary/aromatic N) is 3. The van der Waals surface area contributed by atoms with Gasteiger partial charge in [0.2, 0.25) is 0 Å². The van der Waals surface area contributed by atoms with E-state index in [-0.39, 0.29) is 0 Å². The van der Waals surface area contributed by atoms with Crippen LogP contribution in [-0.2, 0) is 0 Å². The number of rotatable bonds is 5. The number of pyridine rings is 1. The summed E-state index contributed by atoms with van der Waals surface area (Å²) in [6.45, 7) is 0.855. The number of nitrogens with one attached hydrogen (secondary N) is 1. The number of halogens is 1. The van der Waals surface area contributed by atoms with Crippen molar-refractivity contribution in [1.29, 1.82) is 0 Å². The number of thioether (sulfide) groups is 1. The van der Waals surface area contributed by atoms with Crippen molar-refractivity contribution in [2.24, 2.45) is 0 Å². The van der Waals surface area contributed by atoms with Gasteiger partial charge in [0.05, 0.1) is 0 Å². The largest absolute Gasteiger partial charge is 0.384 e. The number of benzene rings is 1. The van der Waals surface area contributed by atoms with E-state index in [9.17, 15) is 0 Å². The Bertz CT molecular complexity index is 696. The first-order valence-corrected chi connectivity index (χ1v) is 7.61. The molecule has 1 aromatic carbocycles. The average molecular weight is 305 g/mol. The Morgan fingerprint density at radius 3 is 2.80 bits per heavy atom. The van der Waals surface area contributed by atoms with Crippen LogP contribution in [0.5, 0.6) is 0 Å². The summed E-state index contributed by atoms with van der Waals surface area (Å²) in [6.07, 6.45) is 1.98. The summed E-state index contributed by atoms with van der Waals surface area (Å²) in [7, 11) is 0. The van der Waals surface area contributed by atoms with E-state index in [1.54, 1.807) is 11.8 Å². The lowest BCUT2D eigenvalue weighted by atomic mass is 10.3. The summed E-state index contributed by atoms with van der Waals surface area (Å²) >= 11 is 7.53. The third kappa shape index (κ3) is 3.05. The first kappa shape index (κ1) is 13.3. The van der Waals surface area contributed by atoms with Crippen molar-refractivity contribution in [3.05, 3.63) is 53.7 Å². The first-order valence-electron chi connectivity index (χ1n) is 6.25. The molecule has 20 heavy (non-hydrogen) atoms. The molecule has 1 N–H and O–H groups in total. The first-order chi connectivity index (χ1) is 9.83. The van der Waals surface area contributed by atoms with Gasteiger partial charge in [0.25, 0.3) is 0 Å². The van der Waals surface area contributed by atoms with Gasteiger partial charge in [-0.2, -0.15) is 0 Å². The molecule has 2 aromatic heterocycles. The third-order valence-corrected chi connectivity index (χ3v) is 3.99. The monoisotopic (exact) mass is 304 g/mol. The summed E-state index contributed by atoms with van der Waals surface area (Å²) in [4.78, 5) is 0. The Labute approximate surface area is 126 Å². The van der Waals surface area contributed by atoms with Gasteiger partial charge in [0, 0.05) is 29.2 Å². The van der Waals surface area contributed by atoms with Crippen LogP contribution in [0.15, 0.2) is 53.8 Å². The molecule has 0 radical (unpaired) electrons. The van der Waals surface area contributed by atoms with E-state index in [0.717, 1.165) is 33.8 Å². The fourth-order valence-electron chi connectivity index (χ4n) is 1.82. The molecule has 4 nitrogen and oxygen atoms in total. The molecule has 2 heterocycles. The van der Waals surface area contributed by atoms with Crippen LogP contribution in [-0.4, -0.2) is 26.9 Å². The van der Waals surface area contributed by atoms with Crippen LogP contribution < -0.4 is 5.32 Å². The van der Waals surface area contributed by atoms with E-state index in [0.29, 0.717) is 0 Å². The Morgan fingerprint density at radius 1 is 1.10 bits per heavy atom. The number of fused-ring (bicyclic) bond motifs is 1. The van der Waals surface area contributed by atoms with Crippen LogP contribution in [0.1, 0.15) is 0 Å². The molecule has 3 aromatic rings. The highest BCUT2D eigenvalue weighted by atomic mass is 35.5. The summed E-state index contributed by atoms with van der Waals surface area (Å²) in [5.41, 5.74) is 1.95. The maximum atomic E-state index is 5.85. The Balaban J connectivity index is 1.54. The van der Waals surface area contributed by atoms with Crippen LogP contribution in [0, 0.1) is 0 Å². The van der Waals surface area contributed by atoms with Gasteiger partial charge in [-0.1, -0.05) is 29.4 Å². The Hall–Kier alpha value is -1.72. The lowest BCUT2D eigenvalue weighted by molar-refractivity contribution is 0.921. The molecule has 0 bridgehead atoms. The molecule has 0 saturated carbocycles. The second kappa shape index (κ2) is 6.15. The van der Waals surface area contributed by atoms with E-state index in [1.807, 2.05) is 53.1 Å². The normalized spacial score (nSPS) is 10.8. The molecule has 0 unspecified atom stereocenters. The molecular formula is C14H13ClN4S. The SMILES string of the molecule is Clc1ccc(NCCSc2nnc3ccccn23)cc1. The van der Waals surface area contributed by atoms with Gasteiger partial charge in [-0.15, -0.1) is 10.2 Å². The molecule has 0 fully saturated rings. The molecular weight excluding hydrogens is 292 g/mol. The summed E-state index contributed by atoms with van der Waals surface area (Å²) in [6, 6.07) is 13.6. The zero-order chi connectivity index (χ0) is 13.8. The topological polar surface area (TPSA) is 42.2 Å². The summed E-state index contributed by atoms with van der Waals surface area (Å²) in [5, 5.41) is 13.3. The Morgan fingerprint density at radius 2 is 1.95 bits per heavy atom. The predicted octanol–water partition coefficient (Wildman–Crippen LogP) is 3.59. The molecule has 102 valence electrons. The molecule has 0 amide bonds. The lowest BCUT2D eigenvalue weighted by Crippen LogP contribution is -2.04. The molecule has 0 saturated heterocycles. The molecule has 0 aliphatic rings. The maximum Gasteiger partial charge on any atom is 0.195 e. The number of anilines is 1. The van der Waals surface area contributed by atoms with Gasteiger partial charge in [0.1, 0.15) is 0 Å². The maximum absolute atomic E-state index is 5.85. The summed E-state index contributed by atoms with van der Waals surface area (Å²) in [5.74, 6) is 0.915. The molecule has 3 rings (SSSR count). The minimum absolute atomic E-state index is 0.750. The van der Waals surface area contributed by atoms with Gasteiger partial charge < -0.3 is 5.32 Å². The highest BCUT2D eigenvalue weighted by molar-refractivity contribution is 7.99. The lowest BCUT2D eigenvalue weighted by Gasteiger charge is -2.05. The van der Waals surface area contributed by atoms with Crippen LogP contribution in [0.3, 0.4) is 0 Å². The predicted molar refractivity (Wildman–Crippen MR) is 83.7 cm³/mol. The van der Waals surface area contributed by atoms with Crippen molar-refractivity contribution in [3.63, 3.8) is 0 Å². The van der Waals surface area contributed by atoms with Gasteiger partial charge in [0.15, 0.2) is 10.8 Å². The van der Waals surface area contributed by atoms with E-state index < -0.39 is 0 Å². The van der Waals surface area contributed by atoms with E-state index in [4.69, 9.17) is 11.6 Å². The summed E-state index contributed by atoms with van der Waals surface area (Å²) < 4.78 is 1.99. The van der Waals surface area contributed by atoms with Crippen LogP contribution >= 0.6 is 23.4 Å². The van der Waals surface area contributed by atoms with E-state index >= 15 is 0 Å². The van der Waals surface area contributed by atoms with Crippen molar-refractivity contribution in [1.82, 2.24) is 14.6 Å². The molecule has 0 spiro atoms. The average Bonchev–Trinajstić information content (AvgIpc) is 2.89. The molecule has 6 heteroatoms. The van der Waals surface area contributed by atoms with Gasteiger partial charge in [-0.25, -0.2) is 0 Å². The van der Waals surface area contributed by atoms with Gasteiger partial charge in [-0.05, 0) is 36.4 Å². The van der Waals surface area contributed by atoms with E-state index in [2.05, 4.69) is 15.5 Å². The third-order valence-electron chi connectivity index (χ3n) is 2.79. The number of hydrogen-bond donors (Lipinski definition) is 1. The molecule has 0 atom stereocenters. The van der Waals surface area contributed by atoms with Crippen molar-refractivity contribution in [2.45, 2.75) is 5.16 Å². The van der Waals surface area contributed by atoms with Crippen LogP contribution in [0.4, 0.5) is 5.69 Å². The van der Waals surface area contributed by atoms with Gasteiger partial charge in [-0.3, -0.25) is 4.40 Å². The highest BCUT2D eigenvalue weighted by Crippen LogP contribution is 2.17. The molecule has 0 aliphatic heterocycles. The number of hydrogen-bond acceptors (Lipinski definition) is 4. The zero-order valence-corrected chi connectivity index (χ0v) is 12.2.